The molecule has 148 valence electrons. The normalized spacial score (nSPS) is 10.2. The summed E-state index contributed by atoms with van der Waals surface area (Å²) in [5, 5.41) is 2.65. The lowest BCUT2D eigenvalue weighted by molar-refractivity contribution is -0.149. The van der Waals surface area contributed by atoms with Gasteiger partial charge < -0.3 is 20.5 Å². The fourth-order valence-corrected chi connectivity index (χ4v) is 3.06. The Morgan fingerprint density at radius 3 is 2.54 bits per heavy atom. The first-order valence-corrected chi connectivity index (χ1v) is 9.49. The van der Waals surface area contributed by atoms with Crippen LogP contribution in [0.1, 0.15) is 11.1 Å². The number of nitrogens with one attached hydrogen (secondary N) is 1. The van der Waals surface area contributed by atoms with Crippen LogP contribution in [0.3, 0.4) is 0 Å². The fourth-order valence-electron chi connectivity index (χ4n) is 2.32. The Bertz CT molecular complexity index is 869. The van der Waals surface area contributed by atoms with Gasteiger partial charge in [-0.1, -0.05) is 29.8 Å². The van der Waals surface area contributed by atoms with E-state index in [0.717, 1.165) is 11.1 Å². The van der Waals surface area contributed by atoms with Crippen LogP contribution in [0.5, 0.6) is 5.75 Å². The number of primary amides is 1. The number of thioether (sulfide) groups is 1. The number of carbonyl (C=O) groups excluding carboxylic acids is 3. The van der Waals surface area contributed by atoms with Crippen molar-refractivity contribution in [2.45, 2.75) is 18.7 Å². The van der Waals surface area contributed by atoms with Gasteiger partial charge in [0.05, 0.1) is 11.4 Å². The van der Waals surface area contributed by atoms with Crippen molar-refractivity contribution in [3.8, 4) is 5.75 Å². The van der Waals surface area contributed by atoms with Gasteiger partial charge in [-0.15, -0.1) is 11.8 Å². The molecule has 0 aliphatic heterocycles. The van der Waals surface area contributed by atoms with Gasteiger partial charge in [0.15, 0.2) is 13.2 Å². The Kier molecular flexibility index (Phi) is 7.88. The highest BCUT2D eigenvalue weighted by Crippen LogP contribution is 2.26. The Morgan fingerprint density at radius 2 is 1.82 bits per heavy atom. The number of para-hydroxylation sites is 1. The maximum Gasteiger partial charge on any atom is 0.344 e. The topological polar surface area (TPSA) is 108 Å². The molecule has 0 saturated heterocycles. The van der Waals surface area contributed by atoms with Crippen LogP contribution in [0.15, 0.2) is 47.4 Å². The molecule has 0 aliphatic carbocycles. The van der Waals surface area contributed by atoms with Gasteiger partial charge in [-0.2, -0.15) is 0 Å². The number of ether oxygens (including phenoxy) is 2. The summed E-state index contributed by atoms with van der Waals surface area (Å²) >= 11 is 1.21. The molecule has 0 bridgehead atoms. The molecule has 8 heteroatoms. The monoisotopic (exact) mass is 402 g/mol. The summed E-state index contributed by atoms with van der Waals surface area (Å²) in [5.74, 6) is -0.910. The zero-order valence-electron chi connectivity index (χ0n) is 15.7. The highest BCUT2D eigenvalue weighted by Gasteiger charge is 2.12. The summed E-state index contributed by atoms with van der Waals surface area (Å²) in [4.78, 5) is 35.5. The maximum atomic E-state index is 12.0. The lowest BCUT2D eigenvalue weighted by Gasteiger charge is -2.11. The summed E-state index contributed by atoms with van der Waals surface area (Å²) in [5.41, 5.74) is 7.67. The third kappa shape index (κ3) is 6.96. The van der Waals surface area contributed by atoms with Crippen LogP contribution in [-0.4, -0.2) is 36.8 Å². The van der Waals surface area contributed by atoms with Crippen LogP contribution < -0.4 is 15.8 Å². The number of anilines is 1. The lowest BCUT2D eigenvalue weighted by Crippen LogP contribution is -2.24. The molecule has 0 atom stereocenters. The average Bonchev–Trinajstić information content (AvgIpc) is 2.65. The molecule has 0 spiro atoms. The van der Waals surface area contributed by atoms with Crippen molar-refractivity contribution in [1.82, 2.24) is 0 Å². The van der Waals surface area contributed by atoms with Crippen molar-refractivity contribution in [1.29, 1.82) is 0 Å². The minimum absolute atomic E-state index is 0.0949. The van der Waals surface area contributed by atoms with Gasteiger partial charge >= 0.3 is 5.97 Å². The summed E-state index contributed by atoms with van der Waals surface area (Å²) in [6, 6.07) is 12.6. The standard InChI is InChI=1S/C20H22N2O5S/c1-13-7-8-16(14(2)9-13)26-11-20(25)27-10-19(24)22-15-5-3-4-6-17(15)28-12-18(21)23/h3-9H,10-12H2,1-2H3,(H2,21,23)(H,22,24). The molecule has 2 rings (SSSR count). The summed E-state index contributed by atoms with van der Waals surface area (Å²) < 4.78 is 10.4. The number of rotatable bonds is 9. The molecule has 0 saturated carbocycles. The van der Waals surface area contributed by atoms with E-state index in [2.05, 4.69) is 5.32 Å². The second kappa shape index (κ2) is 10.4. The Labute approximate surface area is 167 Å². The molecule has 2 aromatic carbocycles. The number of carbonyl (C=O) groups is 3. The smallest absolute Gasteiger partial charge is 0.344 e. The zero-order valence-corrected chi connectivity index (χ0v) is 16.5. The molecule has 7 nitrogen and oxygen atoms in total. The molecule has 3 N–H and O–H groups in total. The van der Waals surface area contributed by atoms with E-state index >= 15 is 0 Å². The number of nitrogens with two attached hydrogens (primary N) is 1. The first kappa shape index (κ1) is 21.3. The van der Waals surface area contributed by atoms with E-state index < -0.39 is 24.4 Å². The average molecular weight is 402 g/mol. The third-order valence-electron chi connectivity index (χ3n) is 3.57. The Balaban J connectivity index is 1.80. The van der Waals surface area contributed by atoms with Crippen LogP contribution in [0.25, 0.3) is 0 Å². The third-order valence-corrected chi connectivity index (χ3v) is 4.67. The molecule has 2 aromatic rings. The van der Waals surface area contributed by atoms with Crippen LogP contribution in [-0.2, 0) is 19.1 Å². The van der Waals surface area contributed by atoms with Gasteiger partial charge in [-0.3, -0.25) is 9.59 Å². The molecule has 28 heavy (non-hydrogen) atoms. The predicted molar refractivity (Wildman–Crippen MR) is 107 cm³/mol. The molecule has 2 amide bonds. The number of hydrogen-bond acceptors (Lipinski definition) is 6. The van der Waals surface area contributed by atoms with E-state index in [1.165, 1.54) is 11.8 Å². The number of esters is 1. The second-order valence-electron chi connectivity index (χ2n) is 6.02. The number of amides is 2. The van der Waals surface area contributed by atoms with Crippen molar-refractivity contribution in [2.24, 2.45) is 5.73 Å². The first-order chi connectivity index (χ1) is 13.3. The minimum Gasteiger partial charge on any atom is -0.482 e. The second-order valence-corrected chi connectivity index (χ2v) is 7.03. The molecule has 0 radical (unpaired) electrons. The van der Waals surface area contributed by atoms with E-state index in [-0.39, 0.29) is 12.4 Å². The van der Waals surface area contributed by atoms with Crippen molar-refractivity contribution >= 4 is 35.2 Å². The van der Waals surface area contributed by atoms with E-state index in [9.17, 15) is 14.4 Å². The quantitative estimate of drug-likeness (QED) is 0.493. The first-order valence-electron chi connectivity index (χ1n) is 8.51. The summed E-state index contributed by atoms with van der Waals surface area (Å²) in [6.45, 7) is 3.12. The van der Waals surface area contributed by atoms with Crippen LogP contribution in [0, 0.1) is 13.8 Å². The Morgan fingerprint density at radius 1 is 1.07 bits per heavy atom. The van der Waals surface area contributed by atoms with Crippen molar-refractivity contribution < 1.29 is 23.9 Å². The van der Waals surface area contributed by atoms with E-state index in [1.54, 1.807) is 30.3 Å². The van der Waals surface area contributed by atoms with Crippen molar-refractivity contribution in [3.63, 3.8) is 0 Å². The highest BCUT2D eigenvalue weighted by molar-refractivity contribution is 8.00. The van der Waals surface area contributed by atoms with E-state index in [0.29, 0.717) is 16.3 Å². The van der Waals surface area contributed by atoms with Gasteiger partial charge in [0, 0.05) is 4.90 Å². The predicted octanol–water partition coefficient (Wildman–Crippen LogP) is 2.44. The van der Waals surface area contributed by atoms with E-state index in [4.69, 9.17) is 15.2 Å². The van der Waals surface area contributed by atoms with Crippen molar-refractivity contribution in [3.05, 3.63) is 53.6 Å². The number of hydrogen-bond donors (Lipinski definition) is 2. The Hall–Kier alpha value is -3.00. The maximum absolute atomic E-state index is 12.0. The van der Waals surface area contributed by atoms with Gasteiger partial charge in [0.2, 0.25) is 5.91 Å². The van der Waals surface area contributed by atoms with Gasteiger partial charge in [-0.05, 0) is 37.6 Å². The zero-order chi connectivity index (χ0) is 20.5. The molecule has 0 aliphatic rings. The largest absolute Gasteiger partial charge is 0.482 e. The lowest BCUT2D eigenvalue weighted by atomic mass is 10.1. The molecule has 0 heterocycles. The molecular weight excluding hydrogens is 380 g/mol. The van der Waals surface area contributed by atoms with Crippen molar-refractivity contribution in [2.75, 3.05) is 24.3 Å². The summed E-state index contributed by atoms with van der Waals surface area (Å²) in [7, 11) is 0. The van der Waals surface area contributed by atoms with Gasteiger partial charge in [0.25, 0.3) is 5.91 Å². The molecular formula is C20H22N2O5S. The van der Waals surface area contributed by atoms with Gasteiger partial charge in [-0.25, -0.2) is 4.79 Å². The SMILES string of the molecule is Cc1ccc(OCC(=O)OCC(=O)Nc2ccccc2SCC(N)=O)c(C)c1. The number of benzene rings is 2. The fraction of sp³-hybridized carbons (Fsp3) is 0.250. The molecule has 0 fully saturated rings. The van der Waals surface area contributed by atoms with Crippen LogP contribution >= 0.6 is 11.8 Å². The van der Waals surface area contributed by atoms with Crippen LogP contribution in [0.4, 0.5) is 5.69 Å². The summed E-state index contributed by atoms with van der Waals surface area (Å²) in [6.07, 6.45) is 0. The van der Waals surface area contributed by atoms with E-state index in [1.807, 2.05) is 26.0 Å². The molecule has 0 aromatic heterocycles. The van der Waals surface area contributed by atoms with Gasteiger partial charge in [0.1, 0.15) is 5.75 Å². The minimum atomic E-state index is -0.647. The number of aryl methyl sites for hydroxylation is 2. The highest BCUT2D eigenvalue weighted by atomic mass is 32.2. The molecule has 0 unspecified atom stereocenters. The van der Waals surface area contributed by atoms with Crippen LogP contribution in [0.2, 0.25) is 0 Å².